The van der Waals surface area contributed by atoms with Crippen molar-refractivity contribution in [3.05, 3.63) is 102 Å². The summed E-state index contributed by atoms with van der Waals surface area (Å²) >= 11 is 0. The Hall–Kier alpha value is -4.79. The van der Waals surface area contributed by atoms with Gasteiger partial charge in [0.1, 0.15) is 6.33 Å². The average Bonchev–Trinajstić information content (AvgIpc) is 3.53. The summed E-state index contributed by atoms with van der Waals surface area (Å²) in [5.41, 5.74) is 3.87. The minimum absolute atomic E-state index is 0.0922. The van der Waals surface area contributed by atoms with Crippen LogP contribution in [0.1, 0.15) is 18.7 Å². The molecule has 6 rings (SSSR count). The Morgan fingerprint density at radius 1 is 1.00 bits per heavy atom. The van der Waals surface area contributed by atoms with Crippen LogP contribution in [0.2, 0.25) is 0 Å². The molecule has 0 saturated heterocycles. The number of nitrogens with one attached hydrogen (secondary N) is 1. The number of anilines is 1. The fourth-order valence-electron chi connectivity index (χ4n) is 4.48. The quantitative estimate of drug-likeness (QED) is 0.416. The number of para-hydroxylation sites is 1. The second-order valence-corrected chi connectivity index (χ2v) is 8.39. The number of hydrogen-bond acceptors (Lipinski definition) is 6. The van der Waals surface area contributed by atoms with Gasteiger partial charge in [-0.3, -0.25) is 14.0 Å². The third-order valence-corrected chi connectivity index (χ3v) is 6.10. The largest absolute Gasteiger partial charge is 0.359 e. The van der Waals surface area contributed by atoms with E-state index < -0.39 is 0 Å². The molecule has 0 fully saturated rings. The summed E-state index contributed by atoms with van der Waals surface area (Å²) in [6, 6.07) is 17.4. The summed E-state index contributed by atoms with van der Waals surface area (Å²) in [7, 11) is 1.87. The van der Waals surface area contributed by atoms with Gasteiger partial charge in [0.05, 0.1) is 17.6 Å². The van der Waals surface area contributed by atoms with E-state index in [-0.39, 0.29) is 11.6 Å². The molecule has 0 saturated carbocycles. The van der Waals surface area contributed by atoms with E-state index in [1.165, 1.54) is 6.33 Å². The zero-order valence-corrected chi connectivity index (χ0v) is 19.2. The lowest BCUT2D eigenvalue weighted by Gasteiger charge is -2.22. The molecule has 0 radical (unpaired) electrons. The first kappa shape index (κ1) is 20.8. The van der Waals surface area contributed by atoms with Crippen molar-refractivity contribution < 1.29 is 0 Å². The molecule has 1 atom stereocenters. The third-order valence-electron chi connectivity index (χ3n) is 6.10. The normalized spacial score (nSPS) is 12.3. The van der Waals surface area contributed by atoms with Crippen LogP contribution in [0.25, 0.3) is 33.2 Å². The van der Waals surface area contributed by atoms with E-state index >= 15 is 0 Å². The van der Waals surface area contributed by atoms with Gasteiger partial charge >= 0.3 is 0 Å². The number of benzene rings is 2. The Bertz CT molecular complexity index is 1730. The van der Waals surface area contributed by atoms with Crippen LogP contribution in [0, 0.1) is 0 Å². The van der Waals surface area contributed by atoms with Gasteiger partial charge in [-0.1, -0.05) is 36.4 Å². The highest BCUT2D eigenvalue weighted by Gasteiger charge is 2.20. The van der Waals surface area contributed by atoms with Crippen LogP contribution in [-0.4, -0.2) is 33.9 Å². The van der Waals surface area contributed by atoms with Crippen molar-refractivity contribution >= 4 is 22.2 Å². The first-order valence-corrected chi connectivity index (χ1v) is 11.2. The molecule has 1 N–H and O–H groups in total. The van der Waals surface area contributed by atoms with E-state index in [2.05, 4.69) is 31.5 Å². The highest BCUT2D eigenvalue weighted by atomic mass is 16.1. The zero-order chi connectivity index (χ0) is 23.9. The van der Waals surface area contributed by atoms with Crippen molar-refractivity contribution in [1.29, 1.82) is 0 Å². The maximum absolute atomic E-state index is 14.1. The van der Waals surface area contributed by atoms with Crippen LogP contribution in [0.4, 0.5) is 5.82 Å². The number of aryl methyl sites for hydroxylation is 1. The molecule has 9 heteroatoms. The van der Waals surface area contributed by atoms with Crippen molar-refractivity contribution in [3.8, 4) is 16.8 Å². The minimum Gasteiger partial charge on any atom is -0.359 e. The monoisotopic (exact) mass is 462 g/mol. The fourth-order valence-corrected chi connectivity index (χ4v) is 4.48. The number of nitrogens with zero attached hydrogens (tertiary/aromatic N) is 7. The molecule has 0 aliphatic rings. The first-order valence-electron chi connectivity index (χ1n) is 11.2. The van der Waals surface area contributed by atoms with E-state index in [0.29, 0.717) is 16.9 Å². The van der Waals surface area contributed by atoms with Crippen LogP contribution in [0.5, 0.6) is 0 Å². The van der Waals surface area contributed by atoms with Crippen molar-refractivity contribution in [1.82, 2.24) is 33.9 Å². The molecule has 0 aliphatic heterocycles. The minimum atomic E-state index is -0.259. The van der Waals surface area contributed by atoms with Crippen molar-refractivity contribution in [2.45, 2.75) is 13.0 Å². The van der Waals surface area contributed by atoms with Crippen LogP contribution < -0.4 is 10.9 Å². The highest BCUT2D eigenvalue weighted by molar-refractivity contribution is 5.96. The Labute approximate surface area is 200 Å². The predicted octanol–water partition coefficient (Wildman–Crippen LogP) is 4.00. The molecule has 0 spiro atoms. The number of fused-ring (bicyclic) bond motifs is 2. The van der Waals surface area contributed by atoms with E-state index in [1.807, 2.05) is 68.7 Å². The third kappa shape index (κ3) is 3.54. The van der Waals surface area contributed by atoms with Gasteiger partial charge in [-0.15, -0.1) is 0 Å². The SMILES string of the molecule is CC(Nc1ncnn2ccnc12)c1cc2cccc(-c3cnn(C)c3)c2c(=O)n1-c1ccccc1. The van der Waals surface area contributed by atoms with E-state index in [1.54, 1.807) is 32.4 Å². The van der Waals surface area contributed by atoms with Crippen molar-refractivity contribution in [3.63, 3.8) is 0 Å². The van der Waals surface area contributed by atoms with Crippen LogP contribution in [-0.2, 0) is 7.05 Å². The molecular formula is C26H22N8O. The summed E-state index contributed by atoms with van der Waals surface area (Å²) in [6.07, 6.45) is 8.63. The van der Waals surface area contributed by atoms with Gasteiger partial charge < -0.3 is 5.32 Å². The molecule has 172 valence electrons. The van der Waals surface area contributed by atoms with Crippen molar-refractivity contribution in [2.24, 2.45) is 7.05 Å². The van der Waals surface area contributed by atoms with Gasteiger partial charge in [-0.2, -0.15) is 10.2 Å². The summed E-state index contributed by atoms with van der Waals surface area (Å²) in [4.78, 5) is 22.9. The summed E-state index contributed by atoms with van der Waals surface area (Å²) in [6.45, 7) is 2.01. The highest BCUT2D eigenvalue weighted by Crippen LogP contribution is 2.30. The summed E-state index contributed by atoms with van der Waals surface area (Å²) in [5.74, 6) is 0.591. The van der Waals surface area contributed by atoms with Crippen LogP contribution in [0.15, 0.2) is 90.5 Å². The molecule has 4 aromatic heterocycles. The van der Waals surface area contributed by atoms with Gasteiger partial charge in [0.15, 0.2) is 11.5 Å². The molecule has 1 unspecified atom stereocenters. The summed E-state index contributed by atoms with van der Waals surface area (Å²) < 4.78 is 5.17. The second-order valence-electron chi connectivity index (χ2n) is 8.39. The van der Waals surface area contributed by atoms with Gasteiger partial charge in [0.2, 0.25) is 0 Å². The van der Waals surface area contributed by atoms with E-state index in [9.17, 15) is 4.79 Å². The van der Waals surface area contributed by atoms with Crippen molar-refractivity contribution in [2.75, 3.05) is 5.32 Å². The lowest BCUT2D eigenvalue weighted by atomic mass is 10.00. The molecule has 9 nitrogen and oxygen atoms in total. The van der Waals surface area contributed by atoms with Gasteiger partial charge in [-0.05, 0) is 36.1 Å². The number of rotatable bonds is 5. The van der Waals surface area contributed by atoms with Crippen LogP contribution >= 0.6 is 0 Å². The van der Waals surface area contributed by atoms with E-state index in [4.69, 9.17) is 0 Å². The Balaban J connectivity index is 1.57. The number of pyridine rings is 1. The molecule has 4 heterocycles. The Morgan fingerprint density at radius 2 is 1.86 bits per heavy atom. The molecule has 0 aliphatic carbocycles. The number of aromatic nitrogens is 7. The fraction of sp³-hybridized carbons (Fsp3) is 0.115. The maximum atomic E-state index is 14.1. The molecule has 6 aromatic rings. The number of hydrogen-bond donors (Lipinski definition) is 1. The molecule has 0 amide bonds. The maximum Gasteiger partial charge on any atom is 0.263 e. The standard InChI is InChI=1S/C26H22N8O/c1-17(31-24-25-27-11-12-33(25)30-16-28-24)22-13-18-7-6-10-21(19-14-29-32(2)15-19)23(18)26(35)34(22)20-8-4-3-5-9-20/h3-17H,1-2H3,(H,28,30,31). The first-order chi connectivity index (χ1) is 17.1. The Kier molecular flexibility index (Phi) is 4.88. The molecule has 2 aromatic carbocycles. The smallest absolute Gasteiger partial charge is 0.263 e. The topological polar surface area (TPSA) is 94.9 Å². The summed E-state index contributed by atoms with van der Waals surface area (Å²) in [5, 5.41) is 13.4. The predicted molar refractivity (Wildman–Crippen MR) is 135 cm³/mol. The van der Waals surface area contributed by atoms with Gasteiger partial charge in [-0.25, -0.2) is 14.5 Å². The van der Waals surface area contributed by atoms with Gasteiger partial charge in [0.25, 0.3) is 5.56 Å². The lowest BCUT2D eigenvalue weighted by Crippen LogP contribution is -2.26. The number of imidazole rings is 1. The molecular weight excluding hydrogens is 440 g/mol. The average molecular weight is 463 g/mol. The second kappa shape index (κ2) is 8.21. The Morgan fingerprint density at radius 3 is 2.66 bits per heavy atom. The molecule has 0 bridgehead atoms. The molecule has 35 heavy (non-hydrogen) atoms. The van der Waals surface area contributed by atoms with Crippen LogP contribution in [0.3, 0.4) is 0 Å². The van der Waals surface area contributed by atoms with E-state index in [0.717, 1.165) is 27.9 Å². The lowest BCUT2D eigenvalue weighted by molar-refractivity contribution is 0.768. The van der Waals surface area contributed by atoms with Gasteiger partial charge in [0, 0.05) is 42.6 Å². The zero-order valence-electron chi connectivity index (χ0n) is 19.2.